The van der Waals surface area contributed by atoms with E-state index in [1.165, 1.54) is 12.1 Å². The zero-order valence-corrected chi connectivity index (χ0v) is 11.1. The summed E-state index contributed by atoms with van der Waals surface area (Å²) in [4.78, 5) is 22.2. The highest BCUT2D eigenvalue weighted by Gasteiger charge is 2.21. The van der Waals surface area contributed by atoms with Gasteiger partial charge in [0, 0.05) is 0 Å². The summed E-state index contributed by atoms with van der Waals surface area (Å²) in [6, 6.07) is 4.35. The van der Waals surface area contributed by atoms with Crippen molar-refractivity contribution in [2.45, 2.75) is 18.2 Å². The molecule has 0 bridgehead atoms. The van der Waals surface area contributed by atoms with Crippen molar-refractivity contribution in [3.8, 4) is 0 Å². The highest BCUT2D eigenvalue weighted by atomic mass is 32.2. The van der Waals surface area contributed by atoms with E-state index in [1.807, 2.05) is 0 Å². The predicted molar refractivity (Wildman–Crippen MR) is 64.7 cm³/mol. The van der Waals surface area contributed by atoms with E-state index in [9.17, 15) is 22.4 Å². The van der Waals surface area contributed by atoms with Crippen LogP contribution in [0.2, 0.25) is 0 Å². The molecule has 0 amide bonds. The molecule has 104 valence electrons. The molecule has 5 nitrogen and oxygen atoms in total. The van der Waals surface area contributed by atoms with Crippen molar-refractivity contribution in [1.29, 1.82) is 0 Å². The van der Waals surface area contributed by atoms with Crippen molar-refractivity contribution >= 4 is 21.6 Å². The molecule has 0 aliphatic carbocycles. The summed E-state index contributed by atoms with van der Waals surface area (Å²) in [6.07, 6.45) is -0.609. The first-order chi connectivity index (χ1) is 8.85. The van der Waals surface area contributed by atoms with Gasteiger partial charge in [-0.1, -0.05) is 6.07 Å². The Labute approximate surface area is 110 Å². The van der Waals surface area contributed by atoms with Gasteiger partial charge in [0.15, 0.2) is 15.6 Å². The standard InChI is InChI=1S/C12H13FO5S/c1-2-18-12(15)7-10(14)8-19(16,17)11-5-3-4-9(13)6-11/h3-6H,2,7-8H2,1H3. The largest absolute Gasteiger partial charge is 0.466 e. The molecule has 0 spiro atoms. The maximum absolute atomic E-state index is 12.9. The maximum atomic E-state index is 12.9. The number of carbonyl (C=O) groups is 2. The summed E-state index contributed by atoms with van der Waals surface area (Å²) in [5, 5.41) is 0. The van der Waals surface area contributed by atoms with Crippen molar-refractivity contribution in [2.24, 2.45) is 0 Å². The van der Waals surface area contributed by atoms with E-state index in [0.29, 0.717) is 0 Å². The molecule has 7 heteroatoms. The van der Waals surface area contributed by atoms with Crippen LogP contribution >= 0.6 is 0 Å². The number of Topliss-reactive ketones (excluding diaryl/α,β-unsaturated/α-hetero) is 1. The zero-order chi connectivity index (χ0) is 14.5. The second-order valence-corrected chi connectivity index (χ2v) is 5.73. The van der Waals surface area contributed by atoms with Crippen molar-refractivity contribution < 1.29 is 27.1 Å². The van der Waals surface area contributed by atoms with Crippen LogP contribution < -0.4 is 0 Å². The van der Waals surface area contributed by atoms with Gasteiger partial charge in [0.2, 0.25) is 0 Å². The molecule has 0 saturated carbocycles. The first-order valence-electron chi connectivity index (χ1n) is 5.51. The molecular formula is C12H13FO5S. The SMILES string of the molecule is CCOC(=O)CC(=O)CS(=O)(=O)c1cccc(F)c1. The van der Waals surface area contributed by atoms with Gasteiger partial charge in [-0.25, -0.2) is 12.8 Å². The van der Waals surface area contributed by atoms with E-state index in [1.54, 1.807) is 6.92 Å². The Hall–Kier alpha value is -1.76. The molecule has 0 radical (unpaired) electrons. The third kappa shape index (κ3) is 4.78. The lowest BCUT2D eigenvalue weighted by molar-refractivity contribution is -0.145. The molecule has 0 fully saturated rings. The number of rotatable bonds is 6. The minimum absolute atomic E-state index is 0.114. The Morgan fingerprint density at radius 3 is 2.58 bits per heavy atom. The third-order valence-electron chi connectivity index (χ3n) is 2.15. The molecule has 0 N–H and O–H groups in total. The summed E-state index contributed by atoms with van der Waals surface area (Å²) in [5.74, 6) is -3.13. The number of hydrogen-bond donors (Lipinski definition) is 0. The topological polar surface area (TPSA) is 77.5 Å². The molecule has 0 unspecified atom stereocenters. The number of hydrogen-bond acceptors (Lipinski definition) is 5. The second kappa shape index (κ2) is 6.42. The second-order valence-electron chi connectivity index (χ2n) is 3.74. The van der Waals surface area contributed by atoms with Crippen LogP contribution in [0, 0.1) is 5.82 Å². The maximum Gasteiger partial charge on any atom is 0.313 e. The molecule has 0 aliphatic rings. The summed E-state index contributed by atoms with van der Waals surface area (Å²) in [6.45, 7) is 1.69. The fraction of sp³-hybridized carbons (Fsp3) is 0.333. The molecule has 0 atom stereocenters. The quantitative estimate of drug-likeness (QED) is 0.579. The van der Waals surface area contributed by atoms with Crippen LogP contribution in [0.15, 0.2) is 29.2 Å². The lowest BCUT2D eigenvalue weighted by Gasteiger charge is -2.04. The van der Waals surface area contributed by atoms with E-state index in [0.717, 1.165) is 12.1 Å². The van der Waals surface area contributed by atoms with Gasteiger partial charge in [0.25, 0.3) is 0 Å². The fourth-order valence-corrected chi connectivity index (χ4v) is 2.65. The molecule has 1 aromatic rings. The number of carbonyl (C=O) groups excluding carboxylic acids is 2. The highest BCUT2D eigenvalue weighted by Crippen LogP contribution is 2.13. The molecule has 0 heterocycles. The van der Waals surface area contributed by atoms with Gasteiger partial charge in [-0.3, -0.25) is 9.59 Å². The van der Waals surface area contributed by atoms with Crippen LogP contribution in [0.3, 0.4) is 0 Å². The Balaban J connectivity index is 2.75. The molecular weight excluding hydrogens is 275 g/mol. The third-order valence-corrected chi connectivity index (χ3v) is 3.83. The van der Waals surface area contributed by atoms with Gasteiger partial charge in [-0.2, -0.15) is 0 Å². The van der Waals surface area contributed by atoms with Crippen LogP contribution in [0.5, 0.6) is 0 Å². The first-order valence-corrected chi connectivity index (χ1v) is 7.16. The van der Waals surface area contributed by atoms with Gasteiger partial charge in [-0.05, 0) is 25.1 Å². The van der Waals surface area contributed by atoms with E-state index in [-0.39, 0.29) is 11.5 Å². The summed E-state index contributed by atoms with van der Waals surface area (Å²) in [7, 11) is -3.94. The van der Waals surface area contributed by atoms with Gasteiger partial charge in [0.1, 0.15) is 18.0 Å². The van der Waals surface area contributed by atoms with Crippen LogP contribution in [0.1, 0.15) is 13.3 Å². The van der Waals surface area contributed by atoms with Gasteiger partial charge in [0.05, 0.1) is 11.5 Å². The summed E-state index contributed by atoms with van der Waals surface area (Å²) < 4.78 is 41.0. The van der Waals surface area contributed by atoms with Gasteiger partial charge in [-0.15, -0.1) is 0 Å². The van der Waals surface area contributed by atoms with Crippen LogP contribution in [-0.2, 0) is 24.2 Å². The molecule has 19 heavy (non-hydrogen) atoms. The molecule has 0 aromatic heterocycles. The lowest BCUT2D eigenvalue weighted by atomic mass is 10.3. The highest BCUT2D eigenvalue weighted by molar-refractivity contribution is 7.92. The normalized spacial score (nSPS) is 11.1. The molecule has 1 aromatic carbocycles. The van der Waals surface area contributed by atoms with E-state index in [4.69, 9.17) is 0 Å². The molecule has 0 aliphatic heterocycles. The summed E-state index contributed by atoms with van der Waals surface area (Å²) >= 11 is 0. The summed E-state index contributed by atoms with van der Waals surface area (Å²) in [5.41, 5.74) is 0. The smallest absolute Gasteiger partial charge is 0.313 e. The van der Waals surface area contributed by atoms with Crippen molar-refractivity contribution in [3.63, 3.8) is 0 Å². The molecule has 1 rings (SSSR count). The zero-order valence-electron chi connectivity index (χ0n) is 10.3. The van der Waals surface area contributed by atoms with Crippen LogP contribution in [0.25, 0.3) is 0 Å². The lowest BCUT2D eigenvalue weighted by Crippen LogP contribution is -2.20. The van der Waals surface area contributed by atoms with Crippen LogP contribution in [-0.4, -0.2) is 32.5 Å². The average molecular weight is 288 g/mol. The Bertz CT molecular complexity index is 580. The predicted octanol–water partition coefficient (Wildman–Crippen LogP) is 1.12. The number of benzene rings is 1. The minimum Gasteiger partial charge on any atom is -0.466 e. The Morgan fingerprint density at radius 1 is 1.32 bits per heavy atom. The van der Waals surface area contributed by atoms with E-state index >= 15 is 0 Å². The van der Waals surface area contributed by atoms with Crippen molar-refractivity contribution in [2.75, 3.05) is 12.4 Å². The number of halogens is 1. The number of sulfone groups is 1. The van der Waals surface area contributed by atoms with Gasteiger partial charge >= 0.3 is 5.97 Å². The van der Waals surface area contributed by atoms with Gasteiger partial charge < -0.3 is 4.74 Å². The number of ether oxygens (including phenoxy) is 1. The average Bonchev–Trinajstić information content (AvgIpc) is 2.28. The minimum atomic E-state index is -3.94. The first kappa shape index (κ1) is 15.3. The Kier molecular flexibility index (Phi) is 5.17. The van der Waals surface area contributed by atoms with Crippen LogP contribution in [0.4, 0.5) is 4.39 Å². The Morgan fingerprint density at radius 2 is 2.00 bits per heavy atom. The monoisotopic (exact) mass is 288 g/mol. The van der Waals surface area contributed by atoms with Crippen molar-refractivity contribution in [3.05, 3.63) is 30.1 Å². The van der Waals surface area contributed by atoms with E-state index in [2.05, 4.69) is 4.74 Å². The number of esters is 1. The van der Waals surface area contributed by atoms with Crippen molar-refractivity contribution in [1.82, 2.24) is 0 Å². The fourth-order valence-electron chi connectivity index (χ4n) is 1.38. The number of ketones is 1. The molecule has 0 saturated heterocycles. The van der Waals surface area contributed by atoms with E-state index < -0.39 is 39.6 Å².